The lowest BCUT2D eigenvalue weighted by Crippen LogP contribution is -2.37. The standard InChI is InChI=1S/C12H18BrN3O/c1-15(2)7-9-5-10(17)8-16(9)12-3-4-14-6-11(12)13/h3-4,6,9-10,17H,5,7-8H2,1-2H3. The molecule has 1 aliphatic heterocycles. The molecule has 1 aromatic rings. The fourth-order valence-corrected chi connectivity index (χ4v) is 2.86. The van der Waals surface area contributed by atoms with Crippen LogP contribution in [0.15, 0.2) is 22.9 Å². The van der Waals surface area contributed by atoms with Gasteiger partial charge in [-0.2, -0.15) is 0 Å². The molecule has 17 heavy (non-hydrogen) atoms. The molecule has 5 heteroatoms. The molecule has 1 aromatic heterocycles. The van der Waals surface area contributed by atoms with E-state index in [4.69, 9.17) is 0 Å². The van der Waals surface area contributed by atoms with E-state index in [2.05, 4.69) is 44.8 Å². The molecular weight excluding hydrogens is 282 g/mol. The van der Waals surface area contributed by atoms with E-state index < -0.39 is 0 Å². The first-order valence-corrected chi connectivity index (χ1v) is 6.56. The van der Waals surface area contributed by atoms with Gasteiger partial charge in [-0.25, -0.2) is 0 Å². The van der Waals surface area contributed by atoms with Gasteiger partial charge in [0.05, 0.1) is 16.3 Å². The van der Waals surface area contributed by atoms with Gasteiger partial charge in [-0.1, -0.05) is 0 Å². The molecule has 0 radical (unpaired) electrons. The second kappa shape index (κ2) is 5.33. The lowest BCUT2D eigenvalue weighted by molar-refractivity contribution is 0.191. The van der Waals surface area contributed by atoms with Gasteiger partial charge in [0, 0.05) is 31.5 Å². The number of β-amino-alcohol motifs (C(OH)–C–C–N with tert-alkyl or cyclic N) is 1. The molecule has 4 nitrogen and oxygen atoms in total. The molecule has 1 saturated heterocycles. The Kier molecular flexibility index (Phi) is 4.01. The van der Waals surface area contributed by atoms with Gasteiger partial charge in [0.1, 0.15) is 0 Å². The van der Waals surface area contributed by atoms with Crippen molar-refractivity contribution in [2.45, 2.75) is 18.6 Å². The number of aliphatic hydroxyl groups excluding tert-OH is 1. The average molecular weight is 300 g/mol. The molecule has 0 aromatic carbocycles. The van der Waals surface area contributed by atoms with Crippen LogP contribution in [-0.2, 0) is 0 Å². The van der Waals surface area contributed by atoms with Crippen LogP contribution in [0.25, 0.3) is 0 Å². The maximum atomic E-state index is 9.84. The molecule has 2 heterocycles. The fourth-order valence-electron chi connectivity index (χ4n) is 2.38. The van der Waals surface area contributed by atoms with Gasteiger partial charge in [0.25, 0.3) is 0 Å². The van der Waals surface area contributed by atoms with Crippen molar-refractivity contribution in [3.05, 3.63) is 22.9 Å². The third-order valence-corrected chi connectivity index (χ3v) is 3.64. The number of nitrogens with zero attached hydrogens (tertiary/aromatic N) is 3. The lowest BCUT2D eigenvalue weighted by atomic mass is 10.2. The van der Waals surface area contributed by atoms with Crippen LogP contribution in [0.1, 0.15) is 6.42 Å². The molecule has 0 saturated carbocycles. The zero-order chi connectivity index (χ0) is 12.4. The Morgan fingerprint density at radius 2 is 2.35 bits per heavy atom. The number of hydrogen-bond acceptors (Lipinski definition) is 4. The number of pyridine rings is 1. The number of rotatable bonds is 3. The minimum absolute atomic E-state index is 0.236. The third kappa shape index (κ3) is 2.97. The second-order valence-corrected chi connectivity index (χ2v) is 5.64. The Morgan fingerprint density at radius 1 is 1.59 bits per heavy atom. The summed E-state index contributed by atoms with van der Waals surface area (Å²) in [6.45, 7) is 1.65. The average Bonchev–Trinajstić information content (AvgIpc) is 2.59. The van der Waals surface area contributed by atoms with Crippen molar-refractivity contribution in [1.29, 1.82) is 0 Å². The molecule has 0 spiro atoms. The van der Waals surface area contributed by atoms with Crippen LogP contribution in [-0.4, -0.2) is 54.3 Å². The van der Waals surface area contributed by atoms with Crippen molar-refractivity contribution in [1.82, 2.24) is 9.88 Å². The van der Waals surface area contributed by atoms with E-state index in [0.29, 0.717) is 12.6 Å². The number of halogens is 1. The van der Waals surface area contributed by atoms with E-state index in [1.807, 2.05) is 6.07 Å². The predicted octanol–water partition coefficient (Wildman–Crippen LogP) is 1.35. The third-order valence-electron chi connectivity index (χ3n) is 3.03. The van der Waals surface area contributed by atoms with E-state index in [0.717, 1.165) is 23.1 Å². The van der Waals surface area contributed by atoms with Crippen LogP contribution in [0.2, 0.25) is 0 Å². The Balaban J connectivity index is 2.21. The summed E-state index contributed by atoms with van der Waals surface area (Å²) in [6, 6.07) is 2.35. The van der Waals surface area contributed by atoms with Gasteiger partial charge in [-0.3, -0.25) is 4.98 Å². The molecule has 2 unspecified atom stereocenters. The van der Waals surface area contributed by atoms with Gasteiger partial charge in [0.15, 0.2) is 0 Å². The number of likely N-dealkylation sites (N-methyl/N-ethyl adjacent to an activating group) is 1. The van der Waals surface area contributed by atoms with Crippen molar-refractivity contribution in [2.24, 2.45) is 0 Å². The smallest absolute Gasteiger partial charge is 0.0735 e. The molecule has 1 fully saturated rings. The first-order valence-electron chi connectivity index (χ1n) is 5.77. The summed E-state index contributed by atoms with van der Waals surface area (Å²) in [5.74, 6) is 0. The minimum atomic E-state index is -0.236. The van der Waals surface area contributed by atoms with Crippen molar-refractivity contribution in [3.63, 3.8) is 0 Å². The maximum Gasteiger partial charge on any atom is 0.0735 e. The highest BCUT2D eigenvalue weighted by Gasteiger charge is 2.32. The van der Waals surface area contributed by atoms with E-state index in [9.17, 15) is 5.11 Å². The second-order valence-electron chi connectivity index (χ2n) is 4.79. The lowest BCUT2D eigenvalue weighted by Gasteiger charge is -2.29. The highest BCUT2D eigenvalue weighted by molar-refractivity contribution is 9.10. The predicted molar refractivity (Wildman–Crippen MR) is 72.2 cm³/mol. The van der Waals surface area contributed by atoms with Crippen LogP contribution < -0.4 is 4.90 Å². The maximum absolute atomic E-state index is 9.84. The molecule has 2 rings (SSSR count). The summed E-state index contributed by atoms with van der Waals surface area (Å²) in [7, 11) is 4.12. The Labute approximate surface area is 110 Å². The Hall–Kier alpha value is -0.650. The van der Waals surface area contributed by atoms with Gasteiger partial charge >= 0.3 is 0 Å². The van der Waals surface area contributed by atoms with Crippen molar-refractivity contribution < 1.29 is 5.11 Å². The van der Waals surface area contributed by atoms with Gasteiger partial charge in [0.2, 0.25) is 0 Å². The van der Waals surface area contributed by atoms with Crippen LogP contribution in [0, 0.1) is 0 Å². The SMILES string of the molecule is CN(C)CC1CC(O)CN1c1ccncc1Br. The molecule has 2 atom stereocenters. The van der Waals surface area contributed by atoms with Crippen molar-refractivity contribution in [3.8, 4) is 0 Å². The summed E-state index contributed by atoms with van der Waals surface area (Å²) >= 11 is 3.52. The van der Waals surface area contributed by atoms with E-state index in [1.54, 1.807) is 12.4 Å². The zero-order valence-corrected chi connectivity index (χ0v) is 11.8. The van der Waals surface area contributed by atoms with E-state index in [-0.39, 0.29) is 6.10 Å². The van der Waals surface area contributed by atoms with Crippen LogP contribution in [0.4, 0.5) is 5.69 Å². The van der Waals surface area contributed by atoms with Gasteiger partial charge in [-0.15, -0.1) is 0 Å². The molecule has 1 N–H and O–H groups in total. The number of hydrogen-bond donors (Lipinski definition) is 1. The summed E-state index contributed by atoms with van der Waals surface area (Å²) in [5.41, 5.74) is 1.11. The first-order chi connectivity index (χ1) is 8.08. The Morgan fingerprint density at radius 3 is 3.00 bits per heavy atom. The highest BCUT2D eigenvalue weighted by atomic mass is 79.9. The van der Waals surface area contributed by atoms with E-state index in [1.165, 1.54) is 0 Å². The number of aliphatic hydroxyl groups is 1. The van der Waals surface area contributed by atoms with Gasteiger partial charge < -0.3 is 14.9 Å². The monoisotopic (exact) mass is 299 g/mol. The first kappa shape index (κ1) is 12.8. The molecule has 94 valence electrons. The fraction of sp³-hybridized carbons (Fsp3) is 0.583. The summed E-state index contributed by atoms with van der Waals surface area (Å²) in [5, 5.41) is 9.84. The van der Waals surface area contributed by atoms with Gasteiger partial charge in [-0.05, 0) is 42.5 Å². The Bertz CT molecular complexity index is 386. The van der Waals surface area contributed by atoms with Crippen LogP contribution in [0.3, 0.4) is 0 Å². The molecule has 0 amide bonds. The largest absolute Gasteiger partial charge is 0.391 e. The number of aromatic nitrogens is 1. The summed E-state index contributed by atoms with van der Waals surface area (Å²) in [6.07, 6.45) is 4.18. The molecule has 1 aliphatic rings. The minimum Gasteiger partial charge on any atom is -0.391 e. The summed E-state index contributed by atoms with van der Waals surface area (Å²) in [4.78, 5) is 8.49. The van der Waals surface area contributed by atoms with Crippen LogP contribution >= 0.6 is 15.9 Å². The topological polar surface area (TPSA) is 39.6 Å². The summed E-state index contributed by atoms with van der Waals surface area (Å²) < 4.78 is 0.984. The zero-order valence-electron chi connectivity index (χ0n) is 10.2. The molecule has 0 bridgehead atoms. The highest BCUT2D eigenvalue weighted by Crippen LogP contribution is 2.31. The quantitative estimate of drug-likeness (QED) is 0.914. The molecular formula is C12H18BrN3O. The van der Waals surface area contributed by atoms with E-state index >= 15 is 0 Å². The van der Waals surface area contributed by atoms with Crippen molar-refractivity contribution in [2.75, 3.05) is 32.1 Å². The molecule has 0 aliphatic carbocycles. The number of anilines is 1. The van der Waals surface area contributed by atoms with Crippen LogP contribution in [0.5, 0.6) is 0 Å². The normalized spacial score (nSPS) is 24.6. The van der Waals surface area contributed by atoms with Crippen molar-refractivity contribution >= 4 is 21.6 Å².